The molecule has 0 aliphatic carbocycles. The molecule has 2 heterocycles. The summed E-state index contributed by atoms with van der Waals surface area (Å²) in [4.78, 5) is 29.4. The van der Waals surface area contributed by atoms with Gasteiger partial charge in [0, 0.05) is 44.4 Å². The molecule has 1 aliphatic rings. The summed E-state index contributed by atoms with van der Waals surface area (Å²) in [6, 6.07) is 21.0. The van der Waals surface area contributed by atoms with E-state index in [1.165, 1.54) is 16.3 Å². The first-order valence-electron chi connectivity index (χ1n) is 10.9. The van der Waals surface area contributed by atoms with Gasteiger partial charge in [0.25, 0.3) is 5.56 Å². The molecule has 7 nitrogen and oxygen atoms in total. The summed E-state index contributed by atoms with van der Waals surface area (Å²) in [5.41, 5.74) is 2.50. The lowest BCUT2D eigenvalue weighted by atomic mass is 10.1. The van der Waals surface area contributed by atoms with Crippen molar-refractivity contribution in [2.24, 2.45) is 0 Å². The van der Waals surface area contributed by atoms with Crippen LogP contribution in [0.15, 0.2) is 71.5 Å². The lowest BCUT2D eigenvalue weighted by molar-refractivity contribution is -0.133. The van der Waals surface area contributed by atoms with Gasteiger partial charge in [0.05, 0.1) is 12.8 Å². The van der Waals surface area contributed by atoms with Gasteiger partial charge in [-0.15, -0.1) is 0 Å². The molecule has 0 spiro atoms. The molecule has 0 bridgehead atoms. The highest BCUT2D eigenvalue weighted by Gasteiger charge is 2.21. The van der Waals surface area contributed by atoms with E-state index in [9.17, 15) is 9.59 Å². The Morgan fingerprint density at radius 3 is 2.50 bits per heavy atom. The summed E-state index contributed by atoms with van der Waals surface area (Å²) >= 11 is 0. The molecular formula is C25H28N4O3. The molecule has 0 atom stereocenters. The second kappa shape index (κ2) is 10.2. The van der Waals surface area contributed by atoms with Crippen molar-refractivity contribution < 1.29 is 9.53 Å². The van der Waals surface area contributed by atoms with E-state index in [2.05, 4.69) is 34.3 Å². The van der Waals surface area contributed by atoms with Crippen LogP contribution in [-0.2, 0) is 17.8 Å². The molecule has 3 aromatic rings. The third-order valence-electron chi connectivity index (χ3n) is 5.80. The largest absolute Gasteiger partial charge is 0.497 e. The summed E-state index contributed by atoms with van der Waals surface area (Å²) in [6.07, 6.45) is 1.01. The first-order chi connectivity index (χ1) is 15.6. The van der Waals surface area contributed by atoms with Gasteiger partial charge in [0.1, 0.15) is 12.3 Å². The van der Waals surface area contributed by atoms with Crippen molar-refractivity contribution in [2.75, 3.05) is 39.8 Å². The zero-order chi connectivity index (χ0) is 22.3. The van der Waals surface area contributed by atoms with Crippen molar-refractivity contribution in [2.45, 2.75) is 13.0 Å². The summed E-state index contributed by atoms with van der Waals surface area (Å²) in [6.45, 7) is 3.93. The number of hydrogen-bond donors (Lipinski definition) is 0. The molecule has 0 saturated carbocycles. The Kier molecular flexibility index (Phi) is 6.97. The van der Waals surface area contributed by atoms with Crippen LogP contribution in [0, 0.1) is 0 Å². The van der Waals surface area contributed by atoms with Gasteiger partial charge in [0.2, 0.25) is 5.91 Å². The molecular weight excluding hydrogens is 404 g/mol. The van der Waals surface area contributed by atoms with Gasteiger partial charge >= 0.3 is 0 Å². The highest BCUT2D eigenvalue weighted by Crippen LogP contribution is 2.21. The van der Waals surface area contributed by atoms with Crippen LogP contribution in [0.2, 0.25) is 0 Å². The molecule has 32 heavy (non-hydrogen) atoms. The van der Waals surface area contributed by atoms with Crippen LogP contribution >= 0.6 is 0 Å². The first-order valence-corrected chi connectivity index (χ1v) is 10.9. The number of hydrogen-bond acceptors (Lipinski definition) is 5. The molecule has 7 heteroatoms. The van der Waals surface area contributed by atoms with Crippen LogP contribution in [0.1, 0.15) is 5.56 Å². The predicted octanol–water partition coefficient (Wildman–Crippen LogP) is 2.31. The van der Waals surface area contributed by atoms with Crippen molar-refractivity contribution in [1.82, 2.24) is 19.6 Å². The van der Waals surface area contributed by atoms with E-state index in [4.69, 9.17) is 4.74 Å². The monoisotopic (exact) mass is 432 g/mol. The molecule has 1 aliphatic heterocycles. The Balaban J connectivity index is 1.34. The smallest absolute Gasteiger partial charge is 0.267 e. The molecule has 2 aromatic carbocycles. The van der Waals surface area contributed by atoms with E-state index < -0.39 is 0 Å². The molecule has 1 saturated heterocycles. The normalized spacial score (nSPS) is 14.3. The minimum Gasteiger partial charge on any atom is -0.497 e. The van der Waals surface area contributed by atoms with Gasteiger partial charge in [-0.25, -0.2) is 4.68 Å². The van der Waals surface area contributed by atoms with E-state index in [1.54, 1.807) is 13.2 Å². The van der Waals surface area contributed by atoms with Crippen molar-refractivity contribution >= 4 is 5.91 Å². The zero-order valence-electron chi connectivity index (χ0n) is 18.3. The van der Waals surface area contributed by atoms with Gasteiger partial charge < -0.3 is 9.64 Å². The molecule has 0 N–H and O–H groups in total. The maximum absolute atomic E-state index is 12.8. The number of benzene rings is 2. The average molecular weight is 433 g/mol. The molecule has 0 radical (unpaired) electrons. The summed E-state index contributed by atoms with van der Waals surface area (Å²) < 4.78 is 6.51. The van der Waals surface area contributed by atoms with E-state index in [-0.39, 0.29) is 18.0 Å². The highest BCUT2D eigenvalue weighted by atomic mass is 16.5. The summed E-state index contributed by atoms with van der Waals surface area (Å²) in [5.74, 6) is 0.633. The SMILES string of the molecule is COc1cccc(-c2ccc(=O)n(CC(=O)N3CCN(CCc4ccccc4)CC3)n2)c1. The van der Waals surface area contributed by atoms with Crippen LogP contribution in [0.25, 0.3) is 11.3 Å². The van der Waals surface area contributed by atoms with Crippen LogP contribution in [-0.4, -0.2) is 65.3 Å². The van der Waals surface area contributed by atoms with Crippen molar-refractivity contribution in [3.05, 3.63) is 82.6 Å². The fraction of sp³-hybridized carbons (Fsp3) is 0.320. The van der Waals surface area contributed by atoms with Crippen molar-refractivity contribution in [3.63, 3.8) is 0 Å². The highest BCUT2D eigenvalue weighted by molar-refractivity contribution is 5.76. The lowest BCUT2D eigenvalue weighted by Gasteiger charge is -2.34. The third-order valence-corrected chi connectivity index (χ3v) is 5.80. The van der Waals surface area contributed by atoms with Crippen LogP contribution < -0.4 is 10.3 Å². The minimum atomic E-state index is -0.286. The second-order valence-electron chi connectivity index (χ2n) is 7.90. The van der Waals surface area contributed by atoms with E-state index in [1.807, 2.05) is 35.2 Å². The topological polar surface area (TPSA) is 67.7 Å². The number of carbonyl (C=O) groups excluding carboxylic acids is 1. The maximum atomic E-state index is 12.8. The van der Waals surface area contributed by atoms with Crippen LogP contribution in [0.3, 0.4) is 0 Å². The first kappa shape index (κ1) is 21.8. The molecule has 1 fully saturated rings. The van der Waals surface area contributed by atoms with Crippen LogP contribution in [0.4, 0.5) is 0 Å². The zero-order valence-corrected chi connectivity index (χ0v) is 18.3. The fourth-order valence-corrected chi connectivity index (χ4v) is 3.88. The van der Waals surface area contributed by atoms with Crippen molar-refractivity contribution in [1.29, 1.82) is 0 Å². The number of carbonyl (C=O) groups is 1. The third kappa shape index (κ3) is 5.42. The van der Waals surface area contributed by atoms with Gasteiger partial charge in [-0.1, -0.05) is 42.5 Å². The van der Waals surface area contributed by atoms with Crippen LogP contribution in [0.5, 0.6) is 5.75 Å². The number of piperazine rings is 1. The van der Waals surface area contributed by atoms with Gasteiger partial charge in [-0.3, -0.25) is 14.5 Å². The standard InChI is InChI=1S/C25H28N4O3/c1-32-22-9-5-8-21(18-22)23-10-11-24(30)29(26-23)19-25(31)28-16-14-27(15-17-28)13-12-20-6-3-2-4-7-20/h2-11,18H,12-17,19H2,1H3. The number of amides is 1. The van der Waals surface area contributed by atoms with E-state index >= 15 is 0 Å². The van der Waals surface area contributed by atoms with Gasteiger partial charge in [0.15, 0.2) is 0 Å². The Labute approximate surface area is 187 Å². The van der Waals surface area contributed by atoms with E-state index in [0.717, 1.165) is 31.6 Å². The van der Waals surface area contributed by atoms with E-state index in [0.29, 0.717) is 24.5 Å². The molecule has 1 aromatic heterocycles. The Hall–Kier alpha value is -3.45. The van der Waals surface area contributed by atoms with Crippen molar-refractivity contribution in [3.8, 4) is 17.0 Å². The Bertz CT molecular complexity index is 1110. The average Bonchev–Trinajstić information content (AvgIpc) is 2.85. The van der Waals surface area contributed by atoms with Gasteiger partial charge in [-0.2, -0.15) is 5.10 Å². The maximum Gasteiger partial charge on any atom is 0.267 e. The molecule has 4 rings (SSSR count). The number of methoxy groups -OCH3 is 1. The quantitative estimate of drug-likeness (QED) is 0.573. The molecule has 1 amide bonds. The summed E-state index contributed by atoms with van der Waals surface area (Å²) in [7, 11) is 1.60. The fourth-order valence-electron chi connectivity index (χ4n) is 3.88. The van der Waals surface area contributed by atoms with Gasteiger partial charge in [-0.05, 0) is 30.2 Å². The number of rotatable bonds is 7. The minimum absolute atomic E-state index is 0.0549. The summed E-state index contributed by atoms with van der Waals surface area (Å²) in [5, 5.41) is 4.42. The number of ether oxygens (including phenoxy) is 1. The Morgan fingerprint density at radius 1 is 0.969 bits per heavy atom. The number of aromatic nitrogens is 2. The predicted molar refractivity (Wildman–Crippen MR) is 124 cm³/mol. The molecule has 0 unspecified atom stereocenters. The number of nitrogens with zero attached hydrogens (tertiary/aromatic N) is 4. The Morgan fingerprint density at radius 2 is 1.75 bits per heavy atom. The lowest BCUT2D eigenvalue weighted by Crippen LogP contribution is -2.50. The molecule has 166 valence electrons. The second-order valence-corrected chi connectivity index (χ2v) is 7.90.